The summed E-state index contributed by atoms with van der Waals surface area (Å²) in [4.78, 5) is 9.77. The zero-order valence-electron chi connectivity index (χ0n) is 10.8. The number of rotatable bonds is 7. The van der Waals surface area contributed by atoms with Gasteiger partial charge in [-0.3, -0.25) is 9.53 Å². The Balaban J connectivity index is 6.40. The van der Waals surface area contributed by atoms with Gasteiger partial charge >= 0.3 is 51.5 Å². The van der Waals surface area contributed by atoms with Crippen molar-refractivity contribution in [2.45, 2.75) is 35.2 Å². The van der Waals surface area contributed by atoms with E-state index >= 15 is 0 Å². The minimum Gasteiger partial charge on any atom is -0.261 e. The van der Waals surface area contributed by atoms with E-state index in [9.17, 15) is 74.2 Å². The van der Waals surface area contributed by atoms with Crippen LogP contribution in [0.2, 0.25) is 0 Å². The van der Waals surface area contributed by atoms with Gasteiger partial charge in [0.25, 0.3) is 0 Å². The minimum absolute atomic E-state index is 1.38. The largest absolute Gasteiger partial charge is 0.459 e. The van der Waals surface area contributed by atoms with Gasteiger partial charge in [-0.2, -0.15) is 65.5 Å². The summed E-state index contributed by atoms with van der Waals surface area (Å²) in [7, 11) is -8.10. The van der Waals surface area contributed by atoms with E-state index in [4.69, 9.17) is 0 Å². The van der Waals surface area contributed by atoms with E-state index in [0.29, 0.717) is 0 Å². The molecule has 0 radical (unpaired) electrons. The highest BCUT2D eigenvalue weighted by Gasteiger charge is 2.87. The molecule has 0 bridgehead atoms. The average molecular weight is 446 g/mol. The van der Waals surface area contributed by atoms with E-state index in [1.165, 1.54) is 4.74 Å². The summed E-state index contributed by atoms with van der Waals surface area (Å²) < 4.78 is 196. The van der Waals surface area contributed by atoms with Gasteiger partial charge in [0.15, 0.2) is 0 Å². The fourth-order valence-corrected chi connectivity index (χ4v) is 1.40. The van der Waals surface area contributed by atoms with Crippen LogP contribution in [-0.4, -0.2) is 49.7 Å². The van der Waals surface area contributed by atoms with E-state index in [1.54, 1.807) is 0 Å². The van der Waals surface area contributed by atoms with Crippen LogP contribution in [0, 0.1) is 0 Å². The molecule has 0 aromatic carbocycles. The van der Waals surface area contributed by atoms with Crippen LogP contribution < -0.4 is 0 Å². The second kappa shape index (κ2) is 6.06. The van der Waals surface area contributed by atoms with Crippen LogP contribution in [0.4, 0.5) is 61.0 Å². The molecule has 0 aromatic heterocycles. The van der Waals surface area contributed by atoms with Crippen molar-refractivity contribution in [3.63, 3.8) is 0 Å². The quantitative estimate of drug-likeness (QED) is 0.444. The molecule has 1 unspecified atom stereocenters. The van der Waals surface area contributed by atoms with Gasteiger partial charge < -0.3 is 0 Å². The van der Waals surface area contributed by atoms with Crippen LogP contribution in [0.25, 0.3) is 0 Å². The number of ether oxygens (including phenoxy) is 1. The zero-order chi connectivity index (χ0) is 21.8. The monoisotopic (exact) mass is 446 g/mol. The van der Waals surface area contributed by atoms with Gasteiger partial charge in [-0.05, 0) is 0 Å². The fraction of sp³-hybridized carbons (Fsp3) is 0.857. The van der Waals surface area contributed by atoms with Gasteiger partial charge in [0.2, 0.25) is 0 Å². The molecule has 0 spiro atoms. The molecular formula is C7F14O4S. The maximum Gasteiger partial charge on any atom is 0.459 e. The molecule has 19 heteroatoms. The van der Waals surface area contributed by atoms with Crippen molar-refractivity contribution < 1.29 is 78.9 Å². The third kappa shape index (κ3) is 3.41. The predicted octanol–water partition coefficient (Wildman–Crippen LogP) is 3.48. The first-order valence-corrected chi connectivity index (χ1v) is 6.39. The SMILES string of the molecule is O=C(F)C(F)(OC(F)(F)C(F)(F)C(F)(F)C(F)(F)S(=O)(=O)F)C(F)(F)F. The summed E-state index contributed by atoms with van der Waals surface area (Å²) in [6.45, 7) is 0. The van der Waals surface area contributed by atoms with Crippen LogP contribution in [-0.2, 0) is 19.8 Å². The average Bonchev–Trinajstić information content (AvgIpc) is 2.34. The molecule has 0 amide bonds. The molecular weight excluding hydrogens is 446 g/mol. The fourth-order valence-electron chi connectivity index (χ4n) is 0.969. The van der Waals surface area contributed by atoms with Crippen LogP contribution in [0.3, 0.4) is 0 Å². The van der Waals surface area contributed by atoms with Crippen LogP contribution >= 0.6 is 0 Å². The Morgan fingerprint density at radius 1 is 0.731 bits per heavy atom. The van der Waals surface area contributed by atoms with Crippen molar-refractivity contribution in [3.05, 3.63) is 0 Å². The van der Waals surface area contributed by atoms with E-state index in [2.05, 4.69) is 0 Å². The molecule has 0 N–H and O–H groups in total. The van der Waals surface area contributed by atoms with Crippen LogP contribution in [0.15, 0.2) is 0 Å². The third-order valence-corrected chi connectivity index (χ3v) is 3.19. The molecule has 1 atom stereocenters. The Morgan fingerprint density at radius 3 is 1.31 bits per heavy atom. The third-order valence-electron chi connectivity index (χ3n) is 2.32. The first-order valence-electron chi connectivity index (χ1n) is 5.01. The van der Waals surface area contributed by atoms with Crippen molar-refractivity contribution in [2.75, 3.05) is 0 Å². The lowest BCUT2D eigenvalue weighted by atomic mass is 10.1. The van der Waals surface area contributed by atoms with Crippen molar-refractivity contribution >= 4 is 16.3 Å². The highest BCUT2D eigenvalue weighted by molar-refractivity contribution is 7.87. The van der Waals surface area contributed by atoms with Crippen molar-refractivity contribution in [3.8, 4) is 0 Å². The molecule has 0 rings (SSSR count). The molecule has 156 valence electrons. The van der Waals surface area contributed by atoms with E-state index in [0.717, 1.165) is 0 Å². The number of halogens is 14. The minimum atomic E-state index is -8.12. The number of hydrogen-bond acceptors (Lipinski definition) is 4. The van der Waals surface area contributed by atoms with Gasteiger partial charge in [0, 0.05) is 0 Å². The Morgan fingerprint density at radius 2 is 1.08 bits per heavy atom. The van der Waals surface area contributed by atoms with Gasteiger partial charge in [-0.25, -0.2) is 0 Å². The predicted molar refractivity (Wildman–Crippen MR) is 46.9 cm³/mol. The molecule has 0 aliphatic heterocycles. The molecule has 0 saturated heterocycles. The maximum atomic E-state index is 12.9. The lowest BCUT2D eigenvalue weighted by Crippen LogP contribution is -2.67. The lowest BCUT2D eigenvalue weighted by molar-refractivity contribution is -0.469. The Hall–Kier alpha value is -1.40. The molecule has 4 nitrogen and oxygen atoms in total. The van der Waals surface area contributed by atoms with Crippen LogP contribution in [0.5, 0.6) is 0 Å². The normalized spacial score (nSPS) is 17.8. The summed E-state index contributed by atoms with van der Waals surface area (Å²) in [5.74, 6) is -23.3. The first kappa shape index (κ1) is 24.6. The second-order valence-electron chi connectivity index (χ2n) is 4.09. The van der Waals surface area contributed by atoms with Crippen LogP contribution in [0.1, 0.15) is 0 Å². The lowest BCUT2D eigenvalue weighted by Gasteiger charge is -2.36. The Kier molecular flexibility index (Phi) is 5.73. The van der Waals surface area contributed by atoms with Gasteiger partial charge in [0.05, 0.1) is 0 Å². The number of alkyl halides is 12. The summed E-state index contributed by atoms with van der Waals surface area (Å²) >= 11 is 0. The van der Waals surface area contributed by atoms with Crippen molar-refractivity contribution in [1.29, 1.82) is 0 Å². The molecule has 0 heterocycles. The Labute approximate surface area is 131 Å². The zero-order valence-corrected chi connectivity index (χ0v) is 11.6. The molecule has 0 saturated carbocycles. The van der Waals surface area contributed by atoms with E-state index in [1.807, 2.05) is 0 Å². The standard InChI is InChI=1S/C7F14O4S/c8-1(22)2(9,5(14,15)16)25-6(17,18)3(10,11)4(12,13)7(19,20)26(21,23)24. The van der Waals surface area contributed by atoms with Crippen molar-refractivity contribution in [2.24, 2.45) is 0 Å². The Bertz CT molecular complexity index is 665. The summed E-state index contributed by atoms with van der Waals surface area (Å²) in [6.07, 6.45) is -15.1. The smallest absolute Gasteiger partial charge is 0.261 e. The number of carbonyl (C=O) groups is 1. The number of hydrogen-bond donors (Lipinski definition) is 0. The van der Waals surface area contributed by atoms with E-state index < -0.39 is 51.5 Å². The summed E-state index contributed by atoms with van der Waals surface area (Å²) in [5.41, 5.74) is 0. The highest BCUT2D eigenvalue weighted by atomic mass is 32.3. The molecule has 0 fully saturated rings. The summed E-state index contributed by atoms with van der Waals surface area (Å²) in [5, 5.41) is -7.70. The molecule has 0 aromatic rings. The molecule has 0 aliphatic carbocycles. The van der Waals surface area contributed by atoms with E-state index in [-0.39, 0.29) is 0 Å². The topological polar surface area (TPSA) is 60.4 Å². The van der Waals surface area contributed by atoms with Gasteiger partial charge in [-0.1, -0.05) is 3.89 Å². The van der Waals surface area contributed by atoms with Crippen molar-refractivity contribution in [1.82, 2.24) is 0 Å². The number of carbonyl (C=O) groups excluding carboxylic acids is 1. The summed E-state index contributed by atoms with van der Waals surface area (Å²) in [6, 6.07) is -4.64. The highest BCUT2D eigenvalue weighted by Crippen LogP contribution is 2.56. The van der Waals surface area contributed by atoms with Gasteiger partial charge in [-0.15, -0.1) is 0 Å². The second-order valence-corrected chi connectivity index (χ2v) is 5.48. The van der Waals surface area contributed by atoms with Gasteiger partial charge in [0.1, 0.15) is 0 Å². The molecule has 26 heavy (non-hydrogen) atoms. The molecule has 0 aliphatic rings. The maximum absolute atomic E-state index is 12.9. The first-order chi connectivity index (χ1) is 10.9.